The Bertz CT molecular complexity index is 968. The number of ether oxygens (including phenoxy) is 2. The van der Waals surface area contributed by atoms with Crippen molar-refractivity contribution in [3.8, 4) is 5.75 Å². The second kappa shape index (κ2) is 11.7. The summed E-state index contributed by atoms with van der Waals surface area (Å²) in [6.07, 6.45) is 2.47. The highest BCUT2D eigenvalue weighted by molar-refractivity contribution is 5.84. The van der Waals surface area contributed by atoms with Crippen LogP contribution in [0.25, 0.3) is 0 Å². The summed E-state index contributed by atoms with van der Waals surface area (Å²) in [5.74, 6) is 0.357. The molecule has 188 valence electrons. The summed E-state index contributed by atoms with van der Waals surface area (Å²) in [5, 5.41) is 0. The number of amides is 2. The number of piperidine rings is 1. The topological polar surface area (TPSA) is 59.1 Å². The Kier molecular flexibility index (Phi) is 8.39. The van der Waals surface area contributed by atoms with E-state index in [2.05, 4.69) is 0 Å². The molecule has 2 amide bonds. The minimum Gasteiger partial charge on any atom is -0.493 e. The normalized spacial score (nSPS) is 18.7. The zero-order valence-corrected chi connectivity index (χ0v) is 20.5. The lowest BCUT2D eigenvalue weighted by atomic mass is 9.75. The first-order valence-electron chi connectivity index (χ1n) is 12.6. The van der Waals surface area contributed by atoms with Gasteiger partial charge in [0.15, 0.2) is 0 Å². The maximum Gasteiger partial charge on any atom is 0.230 e. The lowest BCUT2D eigenvalue weighted by Crippen LogP contribution is -2.50. The molecule has 6 nitrogen and oxygen atoms in total. The molecule has 0 N–H and O–H groups in total. The molecule has 2 aliphatic rings. The lowest BCUT2D eigenvalue weighted by Gasteiger charge is -2.43. The van der Waals surface area contributed by atoms with Gasteiger partial charge in [-0.2, -0.15) is 0 Å². The molecule has 2 fully saturated rings. The van der Waals surface area contributed by atoms with E-state index in [1.807, 2.05) is 47.1 Å². The summed E-state index contributed by atoms with van der Waals surface area (Å²) in [4.78, 5) is 30.4. The highest BCUT2D eigenvalue weighted by Crippen LogP contribution is 2.38. The molecule has 0 saturated carbocycles. The summed E-state index contributed by atoms with van der Waals surface area (Å²) in [6, 6.07) is 15.9. The van der Waals surface area contributed by atoms with Gasteiger partial charge in [0.1, 0.15) is 11.6 Å². The monoisotopic (exact) mass is 482 g/mol. The zero-order chi connectivity index (χ0) is 24.7. The van der Waals surface area contributed by atoms with Gasteiger partial charge >= 0.3 is 0 Å². The zero-order valence-electron chi connectivity index (χ0n) is 20.5. The van der Waals surface area contributed by atoms with E-state index in [-0.39, 0.29) is 29.0 Å². The molecule has 2 saturated heterocycles. The van der Waals surface area contributed by atoms with Crippen LogP contribution in [0.4, 0.5) is 4.39 Å². The van der Waals surface area contributed by atoms with Crippen LogP contribution in [0, 0.1) is 11.2 Å². The number of hydrogen-bond donors (Lipinski definition) is 0. The molecule has 2 aliphatic heterocycles. The van der Waals surface area contributed by atoms with Gasteiger partial charge in [0, 0.05) is 38.0 Å². The van der Waals surface area contributed by atoms with Crippen LogP contribution in [0.15, 0.2) is 54.6 Å². The van der Waals surface area contributed by atoms with Crippen molar-refractivity contribution in [2.45, 2.75) is 38.5 Å². The largest absolute Gasteiger partial charge is 0.493 e. The summed E-state index contributed by atoms with van der Waals surface area (Å²) in [6.45, 7) is 5.90. The van der Waals surface area contributed by atoms with Crippen molar-refractivity contribution in [2.75, 3.05) is 46.0 Å². The predicted molar refractivity (Wildman–Crippen MR) is 132 cm³/mol. The fourth-order valence-corrected chi connectivity index (χ4v) is 5.04. The van der Waals surface area contributed by atoms with E-state index >= 15 is 0 Å². The number of likely N-dealkylation sites (tertiary alicyclic amines) is 1. The number of nitrogens with zero attached hydrogens (tertiary/aromatic N) is 2. The van der Waals surface area contributed by atoms with Gasteiger partial charge in [-0.05, 0) is 49.1 Å². The van der Waals surface area contributed by atoms with Gasteiger partial charge in [0.2, 0.25) is 11.8 Å². The van der Waals surface area contributed by atoms with Crippen molar-refractivity contribution in [1.29, 1.82) is 0 Å². The first-order chi connectivity index (χ1) is 17.0. The van der Waals surface area contributed by atoms with Gasteiger partial charge in [-0.1, -0.05) is 37.3 Å². The van der Waals surface area contributed by atoms with E-state index in [0.29, 0.717) is 71.0 Å². The van der Waals surface area contributed by atoms with Gasteiger partial charge in [0.05, 0.1) is 25.7 Å². The van der Waals surface area contributed by atoms with Gasteiger partial charge in [-0.3, -0.25) is 9.59 Å². The van der Waals surface area contributed by atoms with Crippen LogP contribution in [-0.2, 0) is 14.3 Å². The van der Waals surface area contributed by atoms with E-state index < -0.39 is 0 Å². The summed E-state index contributed by atoms with van der Waals surface area (Å²) in [5.41, 5.74) is 0.661. The molecule has 0 bridgehead atoms. The Hall–Kier alpha value is -2.93. The van der Waals surface area contributed by atoms with Crippen molar-refractivity contribution in [3.05, 3.63) is 66.0 Å². The Morgan fingerprint density at radius 3 is 2.26 bits per heavy atom. The van der Waals surface area contributed by atoms with Crippen molar-refractivity contribution in [3.63, 3.8) is 0 Å². The third-order valence-corrected chi connectivity index (χ3v) is 7.29. The molecule has 2 aromatic carbocycles. The average Bonchev–Trinajstić information content (AvgIpc) is 2.90. The second-order valence-electron chi connectivity index (χ2n) is 9.61. The molecule has 0 spiro atoms. The van der Waals surface area contributed by atoms with E-state index in [4.69, 9.17) is 9.47 Å². The molecule has 0 aromatic heterocycles. The lowest BCUT2D eigenvalue weighted by molar-refractivity contribution is -0.141. The molecule has 2 heterocycles. The average molecular weight is 483 g/mol. The number of morpholine rings is 1. The Morgan fingerprint density at radius 2 is 1.63 bits per heavy atom. The van der Waals surface area contributed by atoms with Crippen molar-refractivity contribution >= 4 is 11.8 Å². The number of rotatable bonds is 8. The molecule has 1 atom stereocenters. The van der Waals surface area contributed by atoms with Crippen molar-refractivity contribution in [1.82, 2.24) is 9.80 Å². The van der Waals surface area contributed by atoms with E-state index in [0.717, 1.165) is 12.0 Å². The number of benzene rings is 2. The smallest absolute Gasteiger partial charge is 0.230 e. The van der Waals surface area contributed by atoms with Crippen LogP contribution in [0.5, 0.6) is 5.75 Å². The first kappa shape index (κ1) is 25.2. The molecule has 0 aliphatic carbocycles. The fourth-order valence-electron chi connectivity index (χ4n) is 5.04. The third-order valence-electron chi connectivity index (χ3n) is 7.29. The van der Waals surface area contributed by atoms with Gasteiger partial charge in [-0.15, -0.1) is 0 Å². The molecule has 7 heteroatoms. The van der Waals surface area contributed by atoms with Gasteiger partial charge in [-0.25, -0.2) is 4.39 Å². The second-order valence-corrected chi connectivity index (χ2v) is 9.61. The van der Waals surface area contributed by atoms with Crippen LogP contribution < -0.4 is 4.74 Å². The van der Waals surface area contributed by atoms with Gasteiger partial charge in [0.25, 0.3) is 0 Å². The number of carbonyl (C=O) groups excluding carboxylic acids is 2. The summed E-state index contributed by atoms with van der Waals surface area (Å²) >= 11 is 0. The number of halogens is 1. The highest BCUT2D eigenvalue weighted by atomic mass is 19.1. The fraction of sp³-hybridized carbons (Fsp3) is 0.500. The molecular formula is C28H35FN2O4. The molecule has 2 aromatic rings. The predicted octanol–water partition coefficient (Wildman–Crippen LogP) is 4.26. The van der Waals surface area contributed by atoms with Crippen LogP contribution >= 0.6 is 0 Å². The highest BCUT2D eigenvalue weighted by Gasteiger charge is 2.40. The Morgan fingerprint density at radius 1 is 0.971 bits per heavy atom. The van der Waals surface area contributed by atoms with E-state index in [1.54, 1.807) is 12.1 Å². The van der Waals surface area contributed by atoms with Crippen LogP contribution in [-0.4, -0.2) is 67.6 Å². The van der Waals surface area contributed by atoms with Crippen molar-refractivity contribution < 1.29 is 23.5 Å². The maximum atomic E-state index is 13.4. The van der Waals surface area contributed by atoms with Crippen LogP contribution in [0.1, 0.15) is 44.1 Å². The van der Waals surface area contributed by atoms with Crippen LogP contribution in [0.3, 0.4) is 0 Å². The molecule has 0 unspecified atom stereocenters. The Balaban J connectivity index is 1.44. The maximum absolute atomic E-state index is 13.4. The molecule has 4 rings (SSSR count). The molecule has 0 radical (unpaired) electrons. The number of carbonyl (C=O) groups is 2. The SMILES string of the molecule is CC[C@H](C(=O)N1CCC(COc2ccc(F)cc2)(CC(=O)N2CCOCC2)CC1)c1ccccc1. The van der Waals surface area contributed by atoms with Crippen LogP contribution in [0.2, 0.25) is 0 Å². The quantitative estimate of drug-likeness (QED) is 0.564. The third kappa shape index (κ3) is 6.40. The minimum atomic E-state index is -0.380. The van der Waals surface area contributed by atoms with E-state index in [9.17, 15) is 14.0 Å². The summed E-state index contributed by atoms with van der Waals surface area (Å²) in [7, 11) is 0. The van der Waals surface area contributed by atoms with E-state index in [1.165, 1.54) is 12.1 Å². The summed E-state index contributed by atoms with van der Waals surface area (Å²) < 4.78 is 24.8. The Labute approximate surface area is 207 Å². The molecule has 35 heavy (non-hydrogen) atoms. The minimum absolute atomic E-state index is 0.103. The number of hydrogen-bond acceptors (Lipinski definition) is 4. The van der Waals surface area contributed by atoms with Gasteiger partial charge < -0.3 is 19.3 Å². The molecular weight excluding hydrogens is 447 g/mol. The van der Waals surface area contributed by atoms with Crippen molar-refractivity contribution in [2.24, 2.45) is 5.41 Å². The first-order valence-corrected chi connectivity index (χ1v) is 12.6. The standard InChI is InChI=1S/C28H35FN2O4/c1-2-25(22-6-4-3-5-7-22)27(33)31-14-12-28(13-15-31,20-26(32)30-16-18-34-19-17-30)21-35-24-10-8-23(29)9-11-24/h3-11,25H,2,12-21H2,1H3/t25-/m0/s1.